The topological polar surface area (TPSA) is 16.1 Å². The van der Waals surface area contributed by atoms with Crippen molar-refractivity contribution in [1.82, 2.24) is 4.98 Å². The van der Waals surface area contributed by atoms with Crippen molar-refractivity contribution in [3.05, 3.63) is 219 Å². The van der Waals surface area contributed by atoms with Crippen LogP contribution in [-0.2, 0) is 0 Å². The second-order valence-electron chi connectivity index (χ2n) is 13.9. The van der Waals surface area contributed by atoms with Gasteiger partial charge < -0.3 is 4.90 Å². The third kappa shape index (κ3) is 5.91. The maximum Gasteiger partial charge on any atom is 0.0701 e. The standard InChI is InChI=1S/C53H36N2/c1-2-15-42(16-3-1)55(44-34-30-40(31-35-44)51-23-10-11-36-54-51)43-32-28-38(29-33-43)37-24-26-41(27-25-37)52-47-18-6-8-20-49(47)53(50-21-9-7-19-48(50)52)46-22-12-14-39-13-4-5-17-45(39)46/h1-36H. The van der Waals surface area contributed by atoms with Gasteiger partial charge in [0.1, 0.15) is 0 Å². The van der Waals surface area contributed by atoms with Crippen LogP contribution in [0.25, 0.3) is 77.0 Å². The minimum Gasteiger partial charge on any atom is -0.311 e. The molecule has 0 atom stereocenters. The van der Waals surface area contributed by atoms with E-state index in [0.717, 1.165) is 28.3 Å². The van der Waals surface area contributed by atoms with Gasteiger partial charge in [0.25, 0.3) is 0 Å². The number of rotatable bonds is 7. The number of hydrogen-bond donors (Lipinski definition) is 0. The molecule has 55 heavy (non-hydrogen) atoms. The summed E-state index contributed by atoms with van der Waals surface area (Å²) in [5.74, 6) is 0. The van der Waals surface area contributed by atoms with Crippen molar-refractivity contribution in [3.8, 4) is 44.6 Å². The molecule has 258 valence electrons. The predicted molar refractivity (Wildman–Crippen MR) is 233 cm³/mol. The summed E-state index contributed by atoms with van der Waals surface area (Å²) in [6, 6.07) is 76.3. The van der Waals surface area contributed by atoms with Crippen LogP contribution in [0, 0.1) is 0 Å². The summed E-state index contributed by atoms with van der Waals surface area (Å²) in [5.41, 5.74) is 12.8. The van der Waals surface area contributed by atoms with Crippen molar-refractivity contribution in [2.24, 2.45) is 0 Å². The number of anilines is 3. The number of pyridine rings is 1. The molecule has 2 nitrogen and oxygen atoms in total. The van der Waals surface area contributed by atoms with Gasteiger partial charge in [-0.25, -0.2) is 0 Å². The molecule has 1 heterocycles. The van der Waals surface area contributed by atoms with Gasteiger partial charge in [0, 0.05) is 28.8 Å². The molecule has 0 unspecified atom stereocenters. The monoisotopic (exact) mass is 700 g/mol. The smallest absolute Gasteiger partial charge is 0.0701 e. The molecule has 0 aliphatic carbocycles. The minimum atomic E-state index is 0.968. The van der Waals surface area contributed by atoms with Gasteiger partial charge in [0.15, 0.2) is 0 Å². The minimum absolute atomic E-state index is 0.968. The Kier molecular flexibility index (Phi) is 8.20. The Hall–Kier alpha value is -7.29. The first kappa shape index (κ1) is 32.4. The van der Waals surface area contributed by atoms with Crippen molar-refractivity contribution in [2.45, 2.75) is 0 Å². The van der Waals surface area contributed by atoms with E-state index in [1.807, 2.05) is 24.4 Å². The molecule has 0 amide bonds. The zero-order chi connectivity index (χ0) is 36.6. The van der Waals surface area contributed by atoms with E-state index in [4.69, 9.17) is 0 Å². The van der Waals surface area contributed by atoms with E-state index in [9.17, 15) is 0 Å². The highest BCUT2D eigenvalue weighted by atomic mass is 15.1. The number of para-hydroxylation sites is 1. The Labute approximate surface area is 321 Å². The van der Waals surface area contributed by atoms with Gasteiger partial charge >= 0.3 is 0 Å². The SMILES string of the molecule is c1ccc(N(c2ccc(-c3ccc(-c4c5ccccc5c(-c5cccc6ccccc56)c5ccccc45)cc3)cc2)c2ccc(-c3ccccn3)cc2)cc1. The summed E-state index contributed by atoms with van der Waals surface area (Å²) in [6.07, 6.45) is 1.84. The maximum absolute atomic E-state index is 4.54. The first-order chi connectivity index (χ1) is 27.3. The number of fused-ring (bicyclic) bond motifs is 3. The normalized spacial score (nSPS) is 11.3. The molecule has 0 radical (unpaired) electrons. The summed E-state index contributed by atoms with van der Waals surface area (Å²) in [7, 11) is 0. The van der Waals surface area contributed by atoms with Gasteiger partial charge in [0.05, 0.1) is 5.69 Å². The first-order valence-corrected chi connectivity index (χ1v) is 18.8. The fourth-order valence-electron chi connectivity index (χ4n) is 8.14. The predicted octanol–water partition coefficient (Wildman–Crippen LogP) is 14.7. The van der Waals surface area contributed by atoms with Crippen molar-refractivity contribution in [3.63, 3.8) is 0 Å². The molecule has 2 heteroatoms. The summed E-state index contributed by atoms with van der Waals surface area (Å²) in [4.78, 5) is 6.84. The number of benzene rings is 9. The Morgan fingerprint density at radius 2 is 0.745 bits per heavy atom. The first-order valence-electron chi connectivity index (χ1n) is 18.8. The van der Waals surface area contributed by atoms with E-state index < -0.39 is 0 Å². The summed E-state index contributed by atoms with van der Waals surface area (Å²) in [5, 5.41) is 7.58. The third-order valence-corrected chi connectivity index (χ3v) is 10.7. The summed E-state index contributed by atoms with van der Waals surface area (Å²) >= 11 is 0. The molecule has 0 aliphatic heterocycles. The lowest BCUT2D eigenvalue weighted by atomic mass is 9.84. The molecular weight excluding hydrogens is 665 g/mol. The fraction of sp³-hybridized carbons (Fsp3) is 0. The number of aromatic nitrogens is 1. The van der Waals surface area contributed by atoms with Crippen LogP contribution in [0.4, 0.5) is 17.1 Å². The van der Waals surface area contributed by atoms with Gasteiger partial charge in [0.2, 0.25) is 0 Å². The van der Waals surface area contributed by atoms with E-state index in [0.29, 0.717) is 0 Å². The highest BCUT2D eigenvalue weighted by Gasteiger charge is 2.18. The quantitative estimate of drug-likeness (QED) is 0.154. The lowest BCUT2D eigenvalue weighted by Crippen LogP contribution is -2.09. The summed E-state index contributed by atoms with van der Waals surface area (Å²) in [6.45, 7) is 0. The molecule has 0 spiro atoms. The Balaban J connectivity index is 1.02. The zero-order valence-corrected chi connectivity index (χ0v) is 30.2. The van der Waals surface area contributed by atoms with Crippen LogP contribution >= 0.6 is 0 Å². The van der Waals surface area contributed by atoms with Crippen molar-refractivity contribution in [2.75, 3.05) is 4.90 Å². The molecule has 0 N–H and O–H groups in total. The molecule has 9 aromatic carbocycles. The summed E-state index contributed by atoms with van der Waals surface area (Å²) < 4.78 is 0. The van der Waals surface area contributed by atoms with Gasteiger partial charge in [-0.1, -0.05) is 164 Å². The van der Waals surface area contributed by atoms with E-state index in [1.54, 1.807) is 0 Å². The van der Waals surface area contributed by atoms with E-state index in [2.05, 4.69) is 204 Å². The fourth-order valence-corrected chi connectivity index (χ4v) is 8.14. The lowest BCUT2D eigenvalue weighted by molar-refractivity contribution is 1.28. The van der Waals surface area contributed by atoms with Crippen LogP contribution in [0.2, 0.25) is 0 Å². The average molecular weight is 701 g/mol. The average Bonchev–Trinajstić information content (AvgIpc) is 3.27. The maximum atomic E-state index is 4.54. The Morgan fingerprint density at radius 3 is 1.35 bits per heavy atom. The largest absolute Gasteiger partial charge is 0.311 e. The highest BCUT2D eigenvalue weighted by molar-refractivity contribution is 6.23. The van der Waals surface area contributed by atoms with Gasteiger partial charge in [-0.15, -0.1) is 0 Å². The third-order valence-electron chi connectivity index (χ3n) is 10.7. The molecule has 0 saturated heterocycles. The van der Waals surface area contributed by atoms with Crippen LogP contribution in [-0.4, -0.2) is 4.98 Å². The molecule has 0 aliphatic rings. The Morgan fingerprint density at radius 1 is 0.291 bits per heavy atom. The number of hydrogen-bond acceptors (Lipinski definition) is 2. The second-order valence-corrected chi connectivity index (χ2v) is 13.9. The second kappa shape index (κ2) is 13.9. The van der Waals surface area contributed by atoms with E-state index >= 15 is 0 Å². The van der Waals surface area contributed by atoms with Crippen LogP contribution in [0.3, 0.4) is 0 Å². The molecule has 10 aromatic rings. The van der Waals surface area contributed by atoms with E-state index in [1.165, 1.54) is 65.7 Å². The van der Waals surface area contributed by atoms with Crippen LogP contribution in [0.15, 0.2) is 219 Å². The molecular formula is C53H36N2. The molecule has 0 saturated carbocycles. The molecule has 0 fully saturated rings. The highest BCUT2D eigenvalue weighted by Crippen LogP contribution is 2.45. The van der Waals surface area contributed by atoms with Crippen molar-refractivity contribution in [1.29, 1.82) is 0 Å². The zero-order valence-electron chi connectivity index (χ0n) is 30.2. The van der Waals surface area contributed by atoms with Crippen molar-refractivity contribution >= 4 is 49.4 Å². The van der Waals surface area contributed by atoms with Crippen LogP contribution < -0.4 is 4.90 Å². The van der Waals surface area contributed by atoms with E-state index in [-0.39, 0.29) is 0 Å². The molecule has 1 aromatic heterocycles. The van der Waals surface area contributed by atoms with Gasteiger partial charge in [-0.05, 0) is 114 Å². The van der Waals surface area contributed by atoms with Crippen LogP contribution in [0.1, 0.15) is 0 Å². The molecule has 0 bridgehead atoms. The van der Waals surface area contributed by atoms with Gasteiger partial charge in [-0.3, -0.25) is 4.98 Å². The lowest BCUT2D eigenvalue weighted by Gasteiger charge is -2.26. The van der Waals surface area contributed by atoms with Crippen LogP contribution in [0.5, 0.6) is 0 Å². The number of nitrogens with zero attached hydrogens (tertiary/aromatic N) is 2. The van der Waals surface area contributed by atoms with Gasteiger partial charge in [-0.2, -0.15) is 0 Å². The Bertz CT molecular complexity index is 2870. The molecule has 10 rings (SSSR count). The van der Waals surface area contributed by atoms with Crippen molar-refractivity contribution < 1.29 is 0 Å².